The van der Waals surface area contributed by atoms with Crippen LogP contribution in [0, 0.1) is 0 Å². The van der Waals surface area contributed by atoms with Crippen molar-refractivity contribution >= 4 is 6.21 Å². The van der Waals surface area contributed by atoms with Gasteiger partial charge in [0.1, 0.15) is 5.75 Å². The van der Waals surface area contributed by atoms with Gasteiger partial charge in [0, 0.05) is 0 Å². The van der Waals surface area contributed by atoms with Crippen LogP contribution in [-0.4, -0.2) is 12.6 Å². The normalized spacial score (nSPS) is 11.9. The zero-order valence-electron chi connectivity index (χ0n) is 6.95. The number of rotatable bonds is 2. The summed E-state index contributed by atoms with van der Waals surface area (Å²) in [5, 5.41) is 3.22. The maximum Gasteiger partial charge on any atom is 0.573 e. The van der Waals surface area contributed by atoms with Gasteiger partial charge in [0.2, 0.25) is 0 Å². The molecule has 0 bridgehead atoms. The Morgan fingerprint density at radius 2 is 1.79 bits per heavy atom. The highest BCUT2D eigenvalue weighted by molar-refractivity contribution is 5.79. The van der Waals surface area contributed by atoms with Gasteiger partial charge in [-0.1, -0.05) is 0 Å². The molecule has 76 valence electrons. The SMILES string of the molecule is N/N=C/c1ccc(OC(F)(F)F)cc1. The van der Waals surface area contributed by atoms with Crippen molar-refractivity contribution in [2.24, 2.45) is 10.9 Å². The maximum absolute atomic E-state index is 11.7. The summed E-state index contributed by atoms with van der Waals surface area (Å²) in [4.78, 5) is 0. The van der Waals surface area contributed by atoms with Gasteiger partial charge in [-0.15, -0.1) is 13.2 Å². The van der Waals surface area contributed by atoms with Gasteiger partial charge in [-0.3, -0.25) is 0 Å². The molecular formula is C8H7F3N2O. The number of hydrogen-bond acceptors (Lipinski definition) is 3. The summed E-state index contributed by atoms with van der Waals surface area (Å²) >= 11 is 0. The van der Waals surface area contributed by atoms with E-state index in [0.29, 0.717) is 5.56 Å². The maximum atomic E-state index is 11.7. The molecule has 0 aliphatic heterocycles. The van der Waals surface area contributed by atoms with E-state index < -0.39 is 6.36 Å². The lowest BCUT2D eigenvalue weighted by atomic mass is 10.2. The highest BCUT2D eigenvalue weighted by Crippen LogP contribution is 2.22. The number of nitrogens with zero attached hydrogens (tertiary/aromatic N) is 1. The molecule has 3 nitrogen and oxygen atoms in total. The quantitative estimate of drug-likeness (QED) is 0.454. The van der Waals surface area contributed by atoms with Crippen molar-refractivity contribution in [1.82, 2.24) is 0 Å². The second-order valence-electron chi connectivity index (χ2n) is 2.40. The van der Waals surface area contributed by atoms with Crippen molar-refractivity contribution < 1.29 is 17.9 Å². The Bertz CT molecular complexity index is 318. The molecule has 0 aliphatic rings. The Labute approximate surface area is 78.0 Å². The Kier molecular flexibility index (Phi) is 2.95. The number of hydrazone groups is 1. The molecule has 1 aromatic carbocycles. The number of hydrogen-bond donors (Lipinski definition) is 1. The van der Waals surface area contributed by atoms with Crippen molar-refractivity contribution in [2.75, 3.05) is 0 Å². The molecule has 2 N–H and O–H groups in total. The molecule has 0 atom stereocenters. The molecule has 6 heteroatoms. The van der Waals surface area contributed by atoms with E-state index in [1.807, 2.05) is 0 Å². The molecule has 0 saturated heterocycles. The topological polar surface area (TPSA) is 47.6 Å². The lowest BCUT2D eigenvalue weighted by Crippen LogP contribution is -2.17. The predicted octanol–water partition coefficient (Wildman–Crippen LogP) is 1.88. The molecule has 1 aromatic rings. The molecule has 0 spiro atoms. The van der Waals surface area contributed by atoms with Crippen LogP contribution in [-0.2, 0) is 0 Å². The van der Waals surface area contributed by atoms with Crippen molar-refractivity contribution in [3.63, 3.8) is 0 Å². The smallest absolute Gasteiger partial charge is 0.406 e. The van der Waals surface area contributed by atoms with Crippen LogP contribution in [0.5, 0.6) is 5.75 Å². The van der Waals surface area contributed by atoms with E-state index in [1.165, 1.54) is 30.5 Å². The van der Waals surface area contributed by atoms with Gasteiger partial charge in [0.25, 0.3) is 0 Å². The molecule has 0 amide bonds. The van der Waals surface area contributed by atoms with Crippen LogP contribution in [0.3, 0.4) is 0 Å². The van der Waals surface area contributed by atoms with E-state index in [1.54, 1.807) is 0 Å². The molecule has 0 fully saturated rings. The van der Waals surface area contributed by atoms with Crippen LogP contribution in [0.25, 0.3) is 0 Å². The van der Waals surface area contributed by atoms with Crippen LogP contribution in [0.4, 0.5) is 13.2 Å². The number of nitrogens with two attached hydrogens (primary N) is 1. The summed E-state index contributed by atoms with van der Waals surface area (Å²) in [6.07, 6.45) is -3.35. The largest absolute Gasteiger partial charge is 0.573 e. The first-order valence-corrected chi connectivity index (χ1v) is 3.60. The lowest BCUT2D eigenvalue weighted by molar-refractivity contribution is -0.274. The summed E-state index contributed by atoms with van der Waals surface area (Å²) in [7, 11) is 0. The molecule has 0 heterocycles. The van der Waals surface area contributed by atoms with E-state index in [2.05, 4.69) is 9.84 Å². The highest BCUT2D eigenvalue weighted by Gasteiger charge is 2.30. The van der Waals surface area contributed by atoms with Gasteiger partial charge in [-0.05, 0) is 29.8 Å². The number of ether oxygens (including phenoxy) is 1. The number of benzene rings is 1. The van der Waals surface area contributed by atoms with Crippen molar-refractivity contribution in [3.8, 4) is 5.75 Å². The third kappa shape index (κ3) is 3.34. The summed E-state index contributed by atoms with van der Waals surface area (Å²) in [5.74, 6) is 4.59. The zero-order chi connectivity index (χ0) is 10.6. The van der Waals surface area contributed by atoms with E-state index in [4.69, 9.17) is 5.84 Å². The Morgan fingerprint density at radius 1 is 1.21 bits per heavy atom. The second-order valence-corrected chi connectivity index (χ2v) is 2.40. The number of halogens is 3. The molecule has 0 aliphatic carbocycles. The molecule has 0 aromatic heterocycles. The first kappa shape index (κ1) is 10.4. The zero-order valence-corrected chi connectivity index (χ0v) is 6.95. The van der Waals surface area contributed by atoms with Crippen molar-refractivity contribution in [1.29, 1.82) is 0 Å². The summed E-state index contributed by atoms with van der Waals surface area (Å²) in [6.45, 7) is 0. The highest BCUT2D eigenvalue weighted by atomic mass is 19.4. The van der Waals surface area contributed by atoms with E-state index in [-0.39, 0.29) is 5.75 Å². The van der Waals surface area contributed by atoms with Crippen LogP contribution in [0.2, 0.25) is 0 Å². The van der Waals surface area contributed by atoms with Gasteiger partial charge < -0.3 is 10.6 Å². The third-order valence-electron chi connectivity index (χ3n) is 1.34. The number of alkyl halides is 3. The Balaban J connectivity index is 2.74. The minimum Gasteiger partial charge on any atom is -0.406 e. The van der Waals surface area contributed by atoms with Crippen molar-refractivity contribution in [2.45, 2.75) is 6.36 Å². The van der Waals surface area contributed by atoms with E-state index >= 15 is 0 Å². The summed E-state index contributed by atoms with van der Waals surface area (Å²) < 4.78 is 38.8. The molecule has 1 rings (SSSR count). The van der Waals surface area contributed by atoms with E-state index in [0.717, 1.165) is 0 Å². The fourth-order valence-electron chi connectivity index (χ4n) is 0.842. The average molecular weight is 204 g/mol. The van der Waals surface area contributed by atoms with Crippen molar-refractivity contribution in [3.05, 3.63) is 29.8 Å². The molecule has 0 unspecified atom stereocenters. The molecule has 0 radical (unpaired) electrons. The summed E-state index contributed by atoms with van der Waals surface area (Å²) in [5.41, 5.74) is 0.599. The van der Waals surface area contributed by atoms with E-state index in [9.17, 15) is 13.2 Å². The van der Waals surface area contributed by atoms with Gasteiger partial charge >= 0.3 is 6.36 Å². The molecule has 14 heavy (non-hydrogen) atoms. The first-order valence-electron chi connectivity index (χ1n) is 3.60. The molecular weight excluding hydrogens is 197 g/mol. The third-order valence-corrected chi connectivity index (χ3v) is 1.34. The van der Waals surface area contributed by atoms with Crippen LogP contribution >= 0.6 is 0 Å². The first-order chi connectivity index (χ1) is 6.51. The minimum absolute atomic E-state index is 0.272. The molecule has 0 saturated carbocycles. The second kappa shape index (κ2) is 3.99. The Hall–Kier alpha value is -1.72. The van der Waals surface area contributed by atoms with Gasteiger partial charge in [0.05, 0.1) is 6.21 Å². The average Bonchev–Trinajstić information content (AvgIpc) is 2.06. The van der Waals surface area contributed by atoms with Gasteiger partial charge in [0.15, 0.2) is 0 Å². The van der Waals surface area contributed by atoms with Gasteiger partial charge in [-0.2, -0.15) is 5.10 Å². The predicted molar refractivity (Wildman–Crippen MR) is 44.9 cm³/mol. The fourth-order valence-corrected chi connectivity index (χ4v) is 0.842. The monoisotopic (exact) mass is 204 g/mol. The standard InChI is InChI=1S/C8H7F3N2O/c9-8(10,11)14-7-3-1-6(2-4-7)5-13-12/h1-5H,12H2/b13-5+. The summed E-state index contributed by atoms with van der Waals surface area (Å²) in [6, 6.07) is 5.20. The van der Waals surface area contributed by atoms with Gasteiger partial charge in [-0.25, -0.2) is 0 Å². The van der Waals surface area contributed by atoms with Crippen LogP contribution < -0.4 is 10.6 Å². The Morgan fingerprint density at radius 3 is 2.21 bits per heavy atom. The van der Waals surface area contributed by atoms with Crippen LogP contribution in [0.15, 0.2) is 29.4 Å². The van der Waals surface area contributed by atoms with Crippen LogP contribution in [0.1, 0.15) is 5.56 Å². The minimum atomic E-state index is -4.66. The fraction of sp³-hybridized carbons (Fsp3) is 0.125. The lowest BCUT2D eigenvalue weighted by Gasteiger charge is -2.08.